The van der Waals surface area contributed by atoms with Gasteiger partial charge in [0.25, 0.3) is 0 Å². The van der Waals surface area contributed by atoms with Crippen LogP contribution in [0.2, 0.25) is 0 Å². The van der Waals surface area contributed by atoms with Crippen molar-refractivity contribution in [2.45, 2.75) is 51.5 Å². The van der Waals surface area contributed by atoms with Crippen molar-refractivity contribution < 1.29 is 4.79 Å². The summed E-state index contributed by atoms with van der Waals surface area (Å²) < 4.78 is 2.13. The number of nitrogens with zero attached hydrogens (tertiary/aromatic N) is 2. The molecule has 0 atom stereocenters. The van der Waals surface area contributed by atoms with E-state index >= 15 is 0 Å². The lowest BCUT2D eigenvalue weighted by molar-refractivity contribution is 0.251. The Morgan fingerprint density at radius 1 is 1.25 bits per heavy atom. The maximum absolute atomic E-state index is 12.0. The van der Waals surface area contributed by atoms with Gasteiger partial charge in [0.2, 0.25) is 0 Å². The first-order valence-electron chi connectivity index (χ1n) is 8.60. The molecule has 2 N–H and O–H groups in total. The van der Waals surface area contributed by atoms with Crippen LogP contribution in [0, 0.1) is 0 Å². The number of aromatic nitrogens is 2. The number of benzene rings is 1. The van der Waals surface area contributed by atoms with Crippen molar-refractivity contribution in [2.75, 3.05) is 11.9 Å². The van der Waals surface area contributed by atoms with Crippen LogP contribution in [0.1, 0.15) is 50.9 Å². The average Bonchev–Trinajstić information content (AvgIpc) is 3.26. The molecule has 1 aromatic carbocycles. The molecule has 2 amide bonds. The quantitative estimate of drug-likeness (QED) is 0.876. The van der Waals surface area contributed by atoms with E-state index in [-0.39, 0.29) is 11.4 Å². The molecule has 0 radical (unpaired) electrons. The van der Waals surface area contributed by atoms with Crippen LogP contribution in [-0.2, 0) is 12.0 Å². The monoisotopic (exact) mass is 326 g/mol. The van der Waals surface area contributed by atoms with Crippen molar-refractivity contribution in [3.05, 3.63) is 48.0 Å². The standard InChI is InChI=1S/C19H26N4O/c1-19(2,3)15-6-8-16(9-7-15)22-18(24)21-11-13-23-12-10-20-17(23)14-4-5-14/h6-10,12,14H,4-5,11,13H2,1-3H3,(H2,21,22,24). The highest BCUT2D eigenvalue weighted by atomic mass is 16.2. The van der Waals surface area contributed by atoms with Crippen LogP contribution in [0.4, 0.5) is 10.5 Å². The minimum absolute atomic E-state index is 0.116. The Balaban J connectivity index is 1.46. The third-order valence-electron chi connectivity index (χ3n) is 4.34. The van der Waals surface area contributed by atoms with Crippen LogP contribution >= 0.6 is 0 Å². The number of anilines is 1. The van der Waals surface area contributed by atoms with Crippen molar-refractivity contribution in [3.8, 4) is 0 Å². The van der Waals surface area contributed by atoms with E-state index in [1.165, 1.54) is 18.4 Å². The van der Waals surface area contributed by atoms with Crippen LogP contribution in [0.25, 0.3) is 0 Å². The second-order valence-electron chi connectivity index (χ2n) is 7.46. The maximum atomic E-state index is 12.0. The Hall–Kier alpha value is -2.30. The fourth-order valence-electron chi connectivity index (χ4n) is 2.73. The highest BCUT2D eigenvalue weighted by Gasteiger charge is 2.27. The van der Waals surface area contributed by atoms with E-state index in [4.69, 9.17) is 0 Å². The molecule has 0 bridgehead atoms. The summed E-state index contributed by atoms with van der Waals surface area (Å²) in [5.41, 5.74) is 2.17. The van der Waals surface area contributed by atoms with Crippen LogP contribution in [0.15, 0.2) is 36.7 Å². The molecule has 1 fully saturated rings. The number of carbonyl (C=O) groups excluding carboxylic acids is 1. The lowest BCUT2D eigenvalue weighted by Gasteiger charge is -2.19. The predicted octanol–water partition coefficient (Wildman–Crippen LogP) is 3.88. The van der Waals surface area contributed by atoms with E-state index < -0.39 is 0 Å². The smallest absolute Gasteiger partial charge is 0.319 e. The zero-order valence-corrected chi connectivity index (χ0v) is 14.7. The Morgan fingerprint density at radius 2 is 1.96 bits per heavy atom. The van der Waals surface area contributed by atoms with E-state index in [2.05, 4.69) is 53.1 Å². The number of amides is 2. The van der Waals surface area contributed by atoms with Gasteiger partial charge in [-0.25, -0.2) is 9.78 Å². The minimum Gasteiger partial charge on any atom is -0.336 e. The molecule has 0 saturated heterocycles. The summed E-state index contributed by atoms with van der Waals surface area (Å²) in [6, 6.07) is 7.83. The van der Waals surface area contributed by atoms with E-state index in [1.54, 1.807) is 0 Å². The Labute approximate surface area is 143 Å². The normalized spacial score (nSPS) is 14.5. The van der Waals surface area contributed by atoms with Crippen molar-refractivity contribution in [3.63, 3.8) is 0 Å². The third-order valence-corrected chi connectivity index (χ3v) is 4.34. The summed E-state index contributed by atoms with van der Waals surface area (Å²) in [6.45, 7) is 7.86. The van der Waals surface area contributed by atoms with E-state index in [0.29, 0.717) is 12.5 Å². The average molecular weight is 326 g/mol. The van der Waals surface area contributed by atoms with E-state index in [1.807, 2.05) is 24.5 Å². The van der Waals surface area contributed by atoms with Gasteiger partial charge in [0, 0.05) is 37.1 Å². The van der Waals surface area contributed by atoms with Crippen molar-refractivity contribution >= 4 is 11.7 Å². The number of rotatable bonds is 5. The number of carbonyl (C=O) groups is 1. The number of urea groups is 1. The molecule has 1 saturated carbocycles. The van der Waals surface area contributed by atoms with Crippen LogP contribution < -0.4 is 10.6 Å². The second-order valence-corrected chi connectivity index (χ2v) is 7.46. The highest BCUT2D eigenvalue weighted by Crippen LogP contribution is 2.38. The van der Waals surface area contributed by atoms with Crippen LogP contribution in [0.5, 0.6) is 0 Å². The zero-order chi connectivity index (χ0) is 17.2. The molecule has 5 heteroatoms. The van der Waals surface area contributed by atoms with E-state index in [9.17, 15) is 4.79 Å². The molecular formula is C19H26N4O. The molecule has 0 aliphatic heterocycles. The van der Waals surface area contributed by atoms with Crippen LogP contribution in [0.3, 0.4) is 0 Å². The van der Waals surface area contributed by atoms with Crippen molar-refractivity contribution in [1.82, 2.24) is 14.9 Å². The molecule has 24 heavy (non-hydrogen) atoms. The van der Waals surface area contributed by atoms with Gasteiger partial charge in [0.15, 0.2) is 0 Å². The SMILES string of the molecule is CC(C)(C)c1ccc(NC(=O)NCCn2ccnc2C2CC2)cc1. The highest BCUT2D eigenvalue weighted by molar-refractivity contribution is 5.89. The molecule has 1 aromatic heterocycles. The Kier molecular flexibility index (Phi) is 4.60. The molecule has 0 spiro atoms. The Morgan fingerprint density at radius 3 is 2.58 bits per heavy atom. The molecule has 3 rings (SSSR count). The number of hydrogen-bond acceptors (Lipinski definition) is 2. The number of nitrogens with one attached hydrogen (secondary N) is 2. The van der Waals surface area contributed by atoms with Gasteiger partial charge >= 0.3 is 6.03 Å². The first-order valence-corrected chi connectivity index (χ1v) is 8.60. The first-order chi connectivity index (χ1) is 11.4. The minimum atomic E-state index is -0.174. The zero-order valence-electron chi connectivity index (χ0n) is 14.7. The number of hydrogen-bond donors (Lipinski definition) is 2. The second kappa shape index (κ2) is 6.67. The lowest BCUT2D eigenvalue weighted by atomic mass is 9.87. The van der Waals surface area contributed by atoms with Gasteiger partial charge in [-0.1, -0.05) is 32.9 Å². The summed E-state index contributed by atoms with van der Waals surface area (Å²) in [5, 5.41) is 5.78. The predicted molar refractivity (Wildman–Crippen MR) is 96.4 cm³/mol. The largest absolute Gasteiger partial charge is 0.336 e. The molecule has 1 aliphatic carbocycles. The summed E-state index contributed by atoms with van der Waals surface area (Å²) in [5.74, 6) is 1.77. The number of imidazole rings is 1. The summed E-state index contributed by atoms with van der Waals surface area (Å²) in [7, 11) is 0. The van der Waals surface area contributed by atoms with Gasteiger partial charge in [-0.2, -0.15) is 0 Å². The van der Waals surface area contributed by atoms with Gasteiger partial charge in [-0.05, 0) is 36.0 Å². The summed E-state index contributed by atoms with van der Waals surface area (Å²) in [6.07, 6.45) is 6.29. The maximum Gasteiger partial charge on any atom is 0.319 e. The summed E-state index contributed by atoms with van der Waals surface area (Å²) >= 11 is 0. The molecule has 5 nitrogen and oxygen atoms in total. The molecule has 2 aromatic rings. The van der Waals surface area contributed by atoms with Gasteiger partial charge < -0.3 is 15.2 Å². The van der Waals surface area contributed by atoms with Gasteiger partial charge in [0.1, 0.15) is 5.82 Å². The fourth-order valence-corrected chi connectivity index (χ4v) is 2.73. The first kappa shape index (κ1) is 16.6. The van der Waals surface area contributed by atoms with Gasteiger partial charge in [-0.15, -0.1) is 0 Å². The molecular weight excluding hydrogens is 300 g/mol. The Bertz CT molecular complexity index is 693. The fraction of sp³-hybridized carbons (Fsp3) is 0.474. The molecule has 1 aliphatic rings. The van der Waals surface area contributed by atoms with Crippen molar-refractivity contribution in [2.24, 2.45) is 0 Å². The molecule has 1 heterocycles. The van der Waals surface area contributed by atoms with Gasteiger partial charge in [0.05, 0.1) is 0 Å². The summed E-state index contributed by atoms with van der Waals surface area (Å²) in [4.78, 5) is 16.4. The third kappa shape index (κ3) is 4.16. The molecule has 0 unspecified atom stereocenters. The topological polar surface area (TPSA) is 59.0 Å². The van der Waals surface area contributed by atoms with E-state index in [0.717, 1.165) is 18.1 Å². The molecule has 128 valence electrons. The lowest BCUT2D eigenvalue weighted by Crippen LogP contribution is -2.31. The van der Waals surface area contributed by atoms with Gasteiger partial charge in [-0.3, -0.25) is 0 Å². The van der Waals surface area contributed by atoms with Crippen molar-refractivity contribution in [1.29, 1.82) is 0 Å². The van der Waals surface area contributed by atoms with Crippen LogP contribution in [-0.4, -0.2) is 22.1 Å².